The average molecular weight is 131 g/mol. The largest absolute Gasteiger partial charge is 0.393 e. The third-order valence-electron chi connectivity index (χ3n) is 0.653. The Balaban J connectivity index is 3.40. The third-order valence-corrected chi connectivity index (χ3v) is 0.797. The number of hydrogen-bond acceptors (Lipinski definition) is 2. The van der Waals surface area contributed by atoms with Crippen molar-refractivity contribution in [2.45, 2.75) is 6.42 Å². The summed E-state index contributed by atoms with van der Waals surface area (Å²) in [5, 5.41) is 9.60. The maximum atomic E-state index is 6.99. The fourth-order valence-corrected chi connectivity index (χ4v) is 0.407. The predicted molar refractivity (Wildman–Crippen MR) is 38.2 cm³/mol. The van der Waals surface area contributed by atoms with E-state index in [9.17, 15) is 0 Å². The van der Waals surface area contributed by atoms with Gasteiger partial charge >= 0.3 is 0 Å². The van der Waals surface area contributed by atoms with Crippen LogP contribution in [0.3, 0.4) is 0 Å². The number of thiocarbonyl (C=S) groups is 1. The molecular weight excluding hydrogens is 122 g/mol. The summed E-state index contributed by atoms with van der Waals surface area (Å²) in [5.41, 5.74) is 5.12. The second-order valence-corrected chi connectivity index (χ2v) is 1.90. The van der Waals surface area contributed by atoms with E-state index in [-0.39, 0.29) is 0 Å². The van der Waals surface area contributed by atoms with E-state index in [1.165, 1.54) is 0 Å². The van der Waals surface area contributed by atoms with Crippen LogP contribution in [0.2, 0.25) is 0 Å². The molecule has 0 radical (unpaired) electrons. The lowest BCUT2D eigenvalue weighted by atomic mass is 10.4. The molecule has 0 aliphatic heterocycles. The molecule has 0 rings (SSSR count). The van der Waals surface area contributed by atoms with Crippen molar-refractivity contribution in [2.24, 2.45) is 5.73 Å². The van der Waals surface area contributed by atoms with Gasteiger partial charge in [0.05, 0.1) is 17.2 Å². The van der Waals surface area contributed by atoms with Gasteiger partial charge in [-0.2, -0.15) is 0 Å². The van der Waals surface area contributed by atoms with Crippen molar-refractivity contribution in [3.63, 3.8) is 0 Å². The number of nitrogens with two attached hydrogens (primary N) is 1. The van der Waals surface area contributed by atoms with Crippen LogP contribution in [-0.4, -0.2) is 17.9 Å². The first-order valence-corrected chi connectivity index (χ1v) is 2.61. The van der Waals surface area contributed by atoms with Crippen molar-refractivity contribution in [3.8, 4) is 0 Å². The minimum atomic E-state index is 0.351. The summed E-state index contributed by atoms with van der Waals surface area (Å²) < 4.78 is 0. The van der Waals surface area contributed by atoms with Crippen LogP contribution in [0.4, 0.5) is 0 Å². The summed E-state index contributed by atoms with van der Waals surface area (Å²) in [6.07, 6.45) is 0.367. The normalized spacial score (nSPS) is 8.12. The Kier molecular flexibility index (Phi) is 3.10. The molecule has 3 nitrogen and oxygen atoms in total. The maximum Gasteiger partial charge on any atom is 0.0997 e. The van der Waals surface area contributed by atoms with Crippen molar-refractivity contribution in [3.05, 3.63) is 0 Å². The fraction of sp³-hybridized carbons (Fsp3) is 0.500. The SMILES string of the molecule is CNC(=N)CC(N)=S. The van der Waals surface area contributed by atoms with Crippen LogP contribution in [0.15, 0.2) is 0 Å². The van der Waals surface area contributed by atoms with E-state index in [1.807, 2.05) is 0 Å². The van der Waals surface area contributed by atoms with Gasteiger partial charge in [-0.3, -0.25) is 5.41 Å². The summed E-state index contributed by atoms with van der Waals surface area (Å²) in [5.74, 6) is 0.359. The van der Waals surface area contributed by atoms with Crippen molar-refractivity contribution in [1.82, 2.24) is 5.32 Å². The van der Waals surface area contributed by atoms with E-state index < -0.39 is 0 Å². The standard InChI is InChI=1S/C4H9N3S/c1-7-3(5)2-4(6)8/h2H2,1H3,(H2,5,7)(H2,6,8). The molecule has 0 atom stereocenters. The van der Waals surface area contributed by atoms with Crippen LogP contribution in [0.25, 0.3) is 0 Å². The van der Waals surface area contributed by atoms with Gasteiger partial charge in [0.15, 0.2) is 0 Å². The van der Waals surface area contributed by atoms with Gasteiger partial charge in [0.2, 0.25) is 0 Å². The molecule has 0 saturated heterocycles. The Morgan fingerprint density at radius 2 is 2.38 bits per heavy atom. The lowest BCUT2D eigenvalue weighted by Crippen LogP contribution is -2.23. The molecule has 0 unspecified atom stereocenters. The van der Waals surface area contributed by atoms with Crippen LogP contribution in [0.1, 0.15) is 6.42 Å². The van der Waals surface area contributed by atoms with Gasteiger partial charge in [0, 0.05) is 7.05 Å². The van der Waals surface area contributed by atoms with Crippen LogP contribution in [0.5, 0.6) is 0 Å². The van der Waals surface area contributed by atoms with Gasteiger partial charge in [0.1, 0.15) is 0 Å². The zero-order valence-corrected chi connectivity index (χ0v) is 5.51. The summed E-state index contributed by atoms with van der Waals surface area (Å²) >= 11 is 4.54. The Bertz CT molecular complexity index is 110. The topological polar surface area (TPSA) is 61.9 Å². The molecule has 0 aliphatic carbocycles. The van der Waals surface area contributed by atoms with Crippen molar-refractivity contribution in [1.29, 1.82) is 5.41 Å². The molecule has 0 fully saturated rings. The molecule has 0 aromatic rings. The first kappa shape index (κ1) is 7.36. The molecule has 0 aromatic heterocycles. The molecule has 0 aromatic carbocycles. The molecule has 0 saturated carbocycles. The minimum Gasteiger partial charge on any atom is -0.393 e. The zero-order valence-electron chi connectivity index (χ0n) is 4.69. The van der Waals surface area contributed by atoms with Crippen molar-refractivity contribution in [2.75, 3.05) is 7.05 Å². The number of nitrogens with one attached hydrogen (secondary N) is 2. The van der Waals surface area contributed by atoms with Crippen LogP contribution >= 0.6 is 12.2 Å². The lowest BCUT2D eigenvalue weighted by molar-refractivity contribution is 1.11. The van der Waals surface area contributed by atoms with Crippen molar-refractivity contribution >= 4 is 23.0 Å². The smallest absolute Gasteiger partial charge is 0.0997 e. The van der Waals surface area contributed by atoms with Gasteiger partial charge < -0.3 is 11.1 Å². The Morgan fingerprint density at radius 1 is 1.88 bits per heavy atom. The van der Waals surface area contributed by atoms with Crippen LogP contribution in [0, 0.1) is 5.41 Å². The molecule has 0 spiro atoms. The highest BCUT2D eigenvalue weighted by Gasteiger charge is 1.91. The Morgan fingerprint density at radius 3 is 2.50 bits per heavy atom. The van der Waals surface area contributed by atoms with E-state index in [2.05, 4.69) is 17.5 Å². The molecule has 0 amide bonds. The van der Waals surface area contributed by atoms with E-state index in [0.717, 1.165) is 0 Å². The van der Waals surface area contributed by atoms with E-state index in [1.54, 1.807) is 7.05 Å². The van der Waals surface area contributed by atoms with Gasteiger partial charge in [-0.25, -0.2) is 0 Å². The Labute approximate surface area is 53.8 Å². The highest BCUT2D eigenvalue weighted by atomic mass is 32.1. The quantitative estimate of drug-likeness (QED) is 0.278. The summed E-state index contributed by atoms with van der Waals surface area (Å²) in [6.45, 7) is 0. The van der Waals surface area contributed by atoms with Gasteiger partial charge in [-0.05, 0) is 0 Å². The second-order valence-electron chi connectivity index (χ2n) is 1.37. The molecular formula is C4H9N3S. The lowest BCUT2D eigenvalue weighted by Gasteiger charge is -1.97. The number of rotatable bonds is 2. The highest BCUT2D eigenvalue weighted by molar-refractivity contribution is 7.80. The van der Waals surface area contributed by atoms with Gasteiger partial charge in [0.25, 0.3) is 0 Å². The third kappa shape index (κ3) is 3.55. The maximum absolute atomic E-state index is 6.99. The molecule has 4 heteroatoms. The molecule has 4 N–H and O–H groups in total. The van der Waals surface area contributed by atoms with E-state index >= 15 is 0 Å². The van der Waals surface area contributed by atoms with Crippen molar-refractivity contribution < 1.29 is 0 Å². The average Bonchev–Trinajstić information content (AvgIpc) is 1.65. The molecule has 46 valence electrons. The Hall–Kier alpha value is -0.640. The summed E-state index contributed by atoms with van der Waals surface area (Å²) in [6, 6.07) is 0. The van der Waals surface area contributed by atoms with E-state index in [0.29, 0.717) is 17.2 Å². The fourth-order valence-electron chi connectivity index (χ4n) is 0.263. The molecule has 0 aliphatic rings. The first-order chi connectivity index (χ1) is 3.66. The summed E-state index contributed by atoms with van der Waals surface area (Å²) in [4.78, 5) is 0.351. The van der Waals surface area contributed by atoms with E-state index in [4.69, 9.17) is 11.1 Å². The van der Waals surface area contributed by atoms with Crippen LogP contribution < -0.4 is 11.1 Å². The molecule has 0 bridgehead atoms. The second kappa shape index (κ2) is 3.37. The number of hydrogen-bond donors (Lipinski definition) is 3. The summed E-state index contributed by atoms with van der Waals surface area (Å²) in [7, 11) is 1.67. The van der Waals surface area contributed by atoms with Gasteiger partial charge in [-0.15, -0.1) is 0 Å². The monoisotopic (exact) mass is 131 g/mol. The highest BCUT2D eigenvalue weighted by Crippen LogP contribution is 1.77. The van der Waals surface area contributed by atoms with Gasteiger partial charge in [-0.1, -0.05) is 12.2 Å². The predicted octanol–water partition coefficient (Wildman–Crippen LogP) is -0.141. The molecule has 8 heavy (non-hydrogen) atoms. The molecule has 0 heterocycles. The zero-order chi connectivity index (χ0) is 6.57. The minimum absolute atomic E-state index is 0.351. The number of amidine groups is 1. The van der Waals surface area contributed by atoms with Crippen LogP contribution in [-0.2, 0) is 0 Å². The first-order valence-electron chi connectivity index (χ1n) is 2.20.